The summed E-state index contributed by atoms with van der Waals surface area (Å²) in [4.78, 5) is 15.9. The first-order valence-electron chi connectivity index (χ1n) is 13.5. The largest absolute Gasteiger partial charge is 0.384 e. The molecule has 1 aliphatic carbocycles. The monoisotopic (exact) mass is 659 g/mol. The quantitative estimate of drug-likeness (QED) is 0.270. The fourth-order valence-electron chi connectivity index (χ4n) is 5.94. The zero-order valence-electron chi connectivity index (χ0n) is 23.4. The number of rotatable bonds is 6. The zero-order valence-corrected chi connectivity index (χ0v) is 26.4. The number of nitrogens with two attached hydrogens (primary N) is 1. The van der Waals surface area contributed by atoms with E-state index in [1.165, 1.54) is 16.7 Å². The Morgan fingerprint density at radius 3 is 2.40 bits per heavy atom. The van der Waals surface area contributed by atoms with Gasteiger partial charge in [0.2, 0.25) is 0 Å². The molecule has 0 aromatic heterocycles. The maximum Gasteiger partial charge on any atom is 0.162 e. The summed E-state index contributed by atoms with van der Waals surface area (Å²) >= 11 is 4.16. The summed E-state index contributed by atoms with van der Waals surface area (Å²) in [6.07, 6.45) is 1.16. The van der Waals surface area contributed by atoms with Gasteiger partial charge in [0.05, 0.1) is 17.6 Å². The molecule has 3 aromatic rings. The number of benzene rings is 3. The summed E-state index contributed by atoms with van der Waals surface area (Å²) in [7, 11) is 0. The van der Waals surface area contributed by atoms with Crippen LogP contribution in [-0.2, 0) is 16.3 Å². The van der Waals surface area contributed by atoms with E-state index in [4.69, 9.17) is 5.73 Å². The molecule has 0 spiro atoms. The number of aryl methyl sites for hydroxylation is 2. The first-order valence-corrected chi connectivity index (χ1v) is 15.8. The maximum atomic E-state index is 14.0. The Morgan fingerprint density at radius 2 is 1.73 bits per heavy atom. The predicted octanol–water partition coefficient (Wildman–Crippen LogP) is 8.28. The lowest BCUT2D eigenvalue weighted by molar-refractivity contribution is -0.118. The number of ketones is 1. The number of Topliss-reactive ketones (excluding diaryl/α,β-unsaturated/α-hetero) is 1. The second-order valence-electron chi connectivity index (χ2n) is 11.6. The van der Waals surface area contributed by atoms with Gasteiger partial charge in [-0.3, -0.25) is 9.69 Å². The molecule has 0 fully saturated rings. The lowest BCUT2D eigenvalue weighted by atomic mass is 9.68. The van der Waals surface area contributed by atoms with Gasteiger partial charge in [-0.15, -0.1) is 0 Å². The Hall–Kier alpha value is -3.02. The molecular weight excluding hydrogens is 625 g/mol. The SMILES string of the molecule is Cc1cc(C)c(C2C(C#N)=C(N)N(c3ccc(I)cc3)C3=C2C(=O)CC(C)(C)C3)cc1CSCc1ccccc1. The van der Waals surface area contributed by atoms with Gasteiger partial charge in [-0.25, -0.2) is 0 Å². The van der Waals surface area contributed by atoms with Crippen molar-refractivity contribution < 1.29 is 4.79 Å². The molecule has 3 aromatic carbocycles. The Morgan fingerprint density at radius 1 is 1.02 bits per heavy atom. The first-order chi connectivity index (χ1) is 19.1. The van der Waals surface area contributed by atoms with Gasteiger partial charge in [0.25, 0.3) is 0 Å². The summed E-state index contributed by atoms with van der Waals surface area (Å²) in [5.74, 6) is 1.83. The molecule has 1 aliphatic heterocycles. The molecule has 0 saturated heterocycles. The Kier molecular flexibility index (Phi) is 8.17. The summed E-state index contributed by atoms with van der Waals surface area (Å²) in [6.45, 7) is 8.49. The van der Waals surface area contributed by atoms with Gasteiger partial charge in [-0.05, 0) is 100 Å². The number of hydrogen-bond donors (Lipinski definition) is 1. The molecule has 0 amide bonds. The van der Waals surface area contributed by atoms with Gasteiger partial charge in [-0.1, -0.05) is 56.3 Å². The van der Waals surface area contributed by atoms with Gasteiger partial charge in [0.15, 0.2) is 5.78 Å². The van der Waals surface area contributed by atoms with Crippen LogP contribution in [0.25, 0.3) is 0 Å². The van der Waals surface area contributed by atoms with E-state index in [0.29, 0.717) is 24.2 Å². The normalized spacial score (nSPS) is 18.6. The number of carbonyl (C=O) groups excluding carboxylic acids is 1. The lowest BCUT2D eigenvalue weighted by Crippen LogP contribution is -2.42. The molecule has 2 aliphatic rings. The second kappa shape index (κ2) is 11.5. The summed E-state index contributed by atoms with van der Waals surface area (Å²) in [5, 5.41) is 10.5. The van der Waals surface area contributed by atoms with Crippen LogP contribution >= 0.6 is 34.4 Å². The Balaban J connectivity index is 1.61. The third-order valence-corrected chi connectivity index (χ3v) is 9.64. The zero-order chi connectivity index (χ0) is 28.6. The van der Waals surface area contributed by atoms with E-state index in [9.17, 15) is 10.1 Å². The smallest absolute Gasteiger partial charge is 0.162 e. The third-order valence-electron chi connectivity index (χ3n) is 7.87. The molecule has 4 nitrogen and oxygen atoms in total. The van der Waals surface area contributed by atoms with E-state index in [-0.39, 0.29) is 11.2 Å². The Bertz CT molecular complexity index is 1570. The number of nitrogens with zero attached hydrogens (tertiary/aromatic N) is 2. The summed E-state index contributed by atoms with van der Waals surface area (Å²) < 4.78 is 1.11. The van der Waals surface area contributed by atoms with Crippen LogP contribution in [0.4, 0.5) is 5.69 Å². The standard InChI is InChI=1S/C34H34IN3OS/c1-21-14-22(2)27(15-24(21)20-40-19-23-8-6-5-7-9-23)31-28(18-36)33(37)38(26-12-10-25(35)11-13-26)29-16-34(3,4)17-30(39)32(29)31/h5-15,31H,16-17,19-20,37H2,1-4H3. The third kappa shape index (κ3) is 5.59. The molecular formula is C34H34IN3OS. The van der Waals surface area contributed by atoms with E-state index < -0.39 is 5.92 Å². The van der Waals surface area contributed by atoms with Crippen molar-refractivity contribution in [3.05, 3.63) is 121 Å². The van der Waals surface area contributed by atoms with Crippen LogP contribution in [0.2, 0.25) is 0 Å². The van der Waals surface area contributed by atoms with Crippen molar-refractivity contribution in [2.24, 2.45) is 11.1 Å². The van der Waals surface area contributed by atoms with Gasteiger partial charge in [0, 0.05) is 38.5 Å². The van der Waals surface area contributed by atoms with Crippen LogP contribution in [-0.4, -0.2) is 5.78 Å². The summed E-state index contributed by atoms with van der Waals surface area (Å²) in [6, 6.07) is 25.4. The van der Waals surface area contributed by atoms with Crippen LogP contribution in [0.3, 0.4) is 0 Å². The number of halogens is 1. The lowest BCUT2D eigenvalue weighted by Gasteiger charge is -2.44. The van der Waals surface area contributed by atoms with Crippen molar-refractivity contribution in [1.82, 2.24) is 0 Å². The minimum Gasteiger partial charge on any atom is -0.384 e. The highest BCUT2D eigenvalue weighted by Gasteiger charge is 2.45. The highest BCUT2D eigenvalue weighted by atomic mass is 127. The van der Waals surface area contributed by atoms with E-state index in [2.05, 4.69) is 92.8 Å². The van der Waals surface area contributed by atoms with Gasteiger partial charge >= 0.3 is 0 Å². The number of nitriles is 1. The fraction of sp³-hybridized carbons (Fsp3) is 0.294. The number of hydrogen-bond acceptors (Lipinski definition) is 5. The minimum atomic E-state index is -0.470. The van der Waals surface area contributed by atoms with E-state index in [1.807, 2.05) is 47.0 Å². The molecule has 1 atom stereocenters. The van der Waals surface area contributed by atoms with Crippen molar-refractivity contribution >= 4 is 45.8 Å². The topological polar surface area (TPSA) is 70.1 Å². The van der Waals surface area contributed by atoms with Crippen molar-refractivity contribution in [2.45, 2.75) is 58.0 Å². The van der Waals surface area contributed by atoms with Crippen molar-refractivity contribution in [2.75, 3.05) is 4.90 Å². The molecule has 204 valence electrons. The van der Waals surface area contributed by atoms with Crippen LogP contribution < -0.4 is 10.6 Å². The molecule has 2 N–H and O–H groups in total. The molecule has 5 rings (SSSR count). The van der Waals surface area contributed by atoms with Crippen molar-refractivity contribution in [3.63, 3.8) is 0 Å². The van der Waals surface area contributed by atoms with E-state index in [1.54, 1.807) is 0 Å². The van der Waals surface area contributed by atoms with E-state index >= 15 is 0 Å². The first kappa shape index (κ1) is 28.5. The van der Waals surface area contributed by atoms with Gasteiger partial charge in [0.1, 0.15) is 5.82 Å². The molecule has 0 radical (unpaired) electrons. The highest BCUT2D eigenvalue weighted by molar-refractivity contribution is 14.1. The Labute approximate surface area is 255 Å². The molecule has 0 saturated carbocycles. The van der Waals surface area contributed by atoms with E-state index in [0.717, 1.165) is 43.2 Å². The number of carbonyl (C=O) groups is 1. The minimum absolute atomic E-state index is 0.104. The summed E-state index contributed by atoms with van der Waals surface area (Å²) in [5.41, 5.74) is 15.5. The average molecular weight is 660 g/mol. The molecule has 1 heterocycles. The molecule has 0 bridgehead atoms. The van der Waals surface area contributed by atoms with Crippen molar-refractivity contribution in [1.29, 1.82) is 5.26 Å². The van der Waals surface area contributed by atoms with Crippen LogP contribution in [0.15, 0.2) is 89.4 Å². The van der Waals surface area contributed by atoms with Crippen LogP contribution in [0.5, 0.6) is 0 Å². The highest BCUT2D eigenvalue weighted by Crippen LogP contribution is 2.51. The van der Waals surface area contributed by atoms with Crippen molar-refractivity contribution in [3.8, 4) is 6.07 Å². The average Bonchev–Trinajstić information content (AvgIpc) is 2.90. The van der Waals surface area contributed by atoms with Crippen LogP contribution in [0, 0.1) is 34.2 Å². The fourth-order valence-corrected chi connectivity index (χ4v) is 7.36. The number of anilines is 1. The molecule has 6 heteroatoms. The van der Waals surface area contributed by atoms with Gasteiger partial charge in [-0.2, -0.15) is 17.0 Å². The number of thioether (sulfide) groups is 1. The van der Waals surface area contributed by atoms with Crippen LogP contribution in [0.1, 0.15) is 60.4 Å². The maximum absolute atomic E-state index is 14.0. The number of allylic oxidation sites excluding steroid dienone is 3. The van der Waals surface area contributed by atoms with Gasteiger partial charge < -0.3 is 5.73 Å². The molecule has 40 heavy (non-hydrogen) atoms. The molecule has 1 unspecified atom stereocenters. The predicted molar refractivity (Wildman–Crippen MR) is 174 cm³/mol. The second-order valence-corrected chi connectivity index (χ2v) is 13.8.